The molecular formula is C6H11NS. The number of thioether (sulfide) groups is 1. The van der Waals surface area contributed by atoms with Crippen LogP contribution in [0.2, 0.25) is 0 Å². The third kappa shape index (κ3) is 5.76. The second kappa shape index (κ2) is 4.91. The summed E-state index contributed by atoms with van der Waals surface area (Å²) in [6.45, 7) is 4.13. The number of allylic oxidation sites excluding steroid dienone is 1. The Hall–Kier alpha value is -0.240. The van der Waals surface area contributed by atoms with E-state index in [0.717, 1.165) is 0 Å². The van der Waals surface area contributed by atoms with Crippen LogP contribution in [-0.2, 0) is 0 Å². The van der Waals surface area contributed by atoms with Crippen LogP contribution in [0.5, 0.6) is 0 Å². The molecule has 1 nitrogen and oxygen atoms in total. The zero-order valence-corrected chi connectivity index (χ0v) is 6.33. The molecule has 0 amide bonds. The predicted molar refractivity (Wildman–Crippen MR) is 41.4 cm³/mol. The van der Waals surface area contributed by atoms with Crippen LogP contribution in [0.25, 0.3) is 0 Å². The lowest BCUT2D eigenvalue weighted by Gasteiger charge is -1.82. The highest BCUT2D eigenvalue weighted by atomic mass is 32.2. The SMILES string of the molecule is C/N=C/SC=C(C)C. The molecule has 0 aromatic rings. The third-order valence-corrected chi connectivity index (χ3v) is 1.41. The second-order valence-electron chi connectivity index (χ2n) is 1.69. The summed E-state index contributed by atoms with van der Waals surface area (Å²) in [5, 5.41) is 2.06. The van der Waals surface area contributed by atoms with E-state index in [-0.39, 0.29) is 0 Å². The van der Waals surface area contributed by atoms with Crippen LogP contribution in [0, 0.1) is 0 Å². The Labute approximate surface area is 54.9 Å². The van der Waals surface area contributed by atoms with Gasteiger partial charge in [-0.05, 0) is 19.3 Å². The standard InChI is InChI=1S/C6H11NS/c1-6(2)4-8-5-7-3/h4-5H,1-3H3/b7-5+. The summed E-state index contributed by atoms with van der Waals surface area (Å²) >= 11 is 1.61. The summed E-state index contributed by atoms with van der Waals surface area (Å²) in [6.07, 6.45) is 0. The average molecular weight is 129 g/mol. The van der Waals surface area contributed by atoms with Crippen LogP contribution >= 0.6 is 11.8 Å². The molecule has 0 aliphatic heterocycles. The van der Waals surface area contributed by atoms with E-state index in [1.165, 1.54) is 5.57 Å². The first kappa shape index (κ1) is 7.76. The maximum atomic E-state index is 3.80. The van der Waals surface area contributed by atoms with E-state index >= 15 is 0 Å². The lowest BCUT2D eigenvalue weighted by molar-refractivity contribution is 1.42. The number of nitrogens with zero attached hydrogens (tertiary/aromatic N) is 1. The summed E-state index contributed by atoms with van der Waals surface area (Å²) in [5.74, 6) is 0. The van der Waals surface area contributed by atoms with Crippen molar-refractivity contribution >= 4 is 17.3 Å². The van der Waals surface area contributed by atoms with Crippen molar-refractivity contribution in [2.24, 2.45) is 4.99 Å². The van der Waals surface area contributed by atoms with Crippen molar-refractivity contribution in [1.82, 2.24) is 0 Å². The van der Waals surface area contributed by atoms with Gasteiger partial charge >= 0.3 is 0 Å². The Morgan fingerprint density at radius 3 is 2.50 bits per heavy atom. The van der Waals surface area contributed by atoms with Gasteiger partial charge in [-0.3, -0.25) is 4.99 Å². The monoisotopic (exact) mass is 129 g/mol. The lowest BCUT2D eigenvalue weighted by atomic mass is 10.4. The van der Waals surface area contributed by atoms with Crippen LogP contribution in [0.15, 0.2) is 16.0 Å². The quantitative estimate of drug-likeness (QED) is 0.411. The molecule has 0 aliphatic carbocycles. The molecule has 0 aromatic heterocycles. The third-order valence-electron chi connectivity index (χ3n) is 0.470. The van der Waals surface area contributed by atoms with Crippen LogP contribution in [0.3, 0.4) is 0 Å². The van der Waals surface area contributed by atoms with E-state index in [0.29, 0.717) is 0 Å². The molecule has 46 valence electrons. The molecule has 0 saturated heterocycles. The summed E-state index contributed by atoms with van der Waals surface area (Å²) in [5.41, 5.74) is 3.13. The van der Waals surface area contributed by atoms with Gasteiger partial charge in [0.15, 0.2) is 0 Å². The molecule has 0 aromatic carbocycles. The molecule has 0 unspecified atom stereocenters. The largest absolute Gasteiger partial charge is 0.289 e. The molecule has 0 atom stereocenters. The van der Waals surface area contributed by atoms with Gasteiger partial charge in [-0.15, -0.1) is 0 Å². The fourth-order valence-electron chi connectivity index (χ4n) is 0.227. The number of rotatable bonds is 2. The first-order valence-corrected chi connectivity index (χ1v) is 3.41. The summed E-state index contributed by atoms with van der Waals surface area (Å²) < 4.78 is 0. The van der Waals surface area contributed by atoms with Crippen LogP contribution in [-0.4, -0.2) is 12.6 Å². The second-order valence-corrected chi connectivity index (χ2v) is 2.41. The van der Waals surface area contributed by atoms with E-state index in [2.05, 4.69) is 24.2 Å². The minimum atomic E-state index is 1.31. The fourth-order valence-corrected chi connectivity index (χ4v) is 0.682. The number of hydrogen-bond donors (Lipinski definition) is 0. The highest BCUT2D eigenvalue weighted by molar-refractivity contribution is 8.14. The minimum absolute atomic E-state index is 1.31. The fraction of sp³-hybridized carbons (Fsp3) is 0.500. The molecule has 0 N–H and O–H groups in total. The molecular weight excluding hydrogens is 118 g/mol. The molecule has 8 heavy (non-hydrogen) atoms. The van der Waals surface area contributed by atoms with Crippen molar-refractivity contribution in [3.63, 3.8) is 0 Å². The number of hydrogen-bond acceptors (Lipinski definition) is 2. The first-order valence-electron chi connectivity index (χ1n) is 2.47. The van der Waals surface area contributed by atoms with E-state index in [4.69, 9.17) is 0 Å². The normalized spacial score (nSPS) is 9.88. The molecule has 0 fully saturated rings. The van der Waals surface area contributed by atoms with Crippen molar-refractivity contribution in [2.45, 2.75) is 13.8 Å². The average Bonchev–Trinajstić information content (AvgIpc) is 1.66. The molecule has 0 heterocycles. The summed E-state index contributed by atoms with van der Waals surface area (Å²) in [6, 6.07) is 0. The summed E-state index contributed by atoms with van der Waals surface area (Å²) in [4.78, 5) is 3.80. The predicted octanol–water partition coefficient (Wildman–Crippen LogP) is 2.30. The minimum Gasteiger partial charge on any atom is -0.289 e. The van der Waals surface area contributed by atoms with Gasteiger partial charge in [-0.1, -0.05) is 17.3 Å². The Bertz CT molecular complexity index is 101. The van der Waals surface area contributed by atoms with Gasteiger partial charge in [0.2, 0.25) is 0 Å². The van der Waals surface area contributed by atoms with Gasteiger partial charge in [0.05, 0.1) is 5.55 Å². The van der Waals surface area contributed by atoms with Crippen LogP contribution in [0.4, 0.5) is 0 Å². The Balaban J connectivity index is 3.30. The lowest BCUT2D eigenvalue weighted by Crippen LogP contribution is -1.60. The first-order chi connectivity index (χ1) is 3.77. The van der Waals surface area contributed by atoms with E-state index in [1.807, 2.05) is 5.55 Å². The van der Waals surface area contributed by atoms with Gasteiger partial charge in [0, 0.05) is 7.05 Å². The zero-order valence-electron chi connectivity index (χ0n) is 5.51. The van der Waals surface area contributed by atoms with Crippen LogP contribution in [0.1, 0.15) is 13.8 Å². The van der Waals surface area contributed by atoms with E-state index in [1.54, 1.807) is 18.8 Å². The van der Waals surface area contributed by atoms with Crippen molar-refractivity contribution in [2.75, 3.05) is 7.05 Å². The molecule has 0 rings (SSSR count). The molecule has 0 spiro atoms. The smallest absolute Gasteiger partial charge is 0.0579 e. The van der Waals surface area contributed by atoms with Crippen molar-refractivity contribution in [3.8, 4) is 0 Å². The highest BCUT2D eigenvalue weighted by Crippen LogP contribution is 2.01. The molecule has 2 heteroatoms. The maximum absolute atomic E-state index is 3.80. The summed E-state index contributed by atoms with van der Waals surface area (Å²) in [7, 11) is 1.77. The van der Waals surface area contributed by atoms with Crippen LogP contribution < -0.4 is 0 Å². The molecule has 0 saturated carbocycles. The van der Waals surface area contributed by atoms with Gasteiger partial charge in [-0.2, -0.15) is 0 Å². The Morgan fingerprint density at radius 1 is 1.50 bits per heavy atom. The van der Waals surface area contributed by atoms with Crippen molar-refractivity contribution < 1.29 is 0 Å². The van der Waals surface area contributed by atoms with Gasteiger partial charge in [-0.25, -0.2) is 0 Å². The Kier molecular flexibility index (Phi) is 4.76. The van der Waals surface area contributed by atoms with Gasteiger partial charge in [0.25, 0.3) is 0 Å². The zero-order chi connectivity index (χ0) is 6.41. The highest BCUT2D eigenvalue weighted by Gasteiger charge is 1.72. The van der Waals surface area contributed by atoms with Gasteiger partial charge < -0.3 is 0 Å². The number of aliphatic imine (C=N–C) groups is 1. The van der Waals surface area contributed by atoms with E-state index < -0.39 is 0 Å². The molecule has 0 radical (unpaired) electrons. The van der Waals surface area contributed by atoms with Gasteiger partial charge in [0.1, 0.15) is 0 Å². The Morgan fingerprint density at radius 2 is 2.12 bits per heavy atom. The van der Waals surface area contributed by atoms with E-state index in [9.17, 15) is 0 Å². The topological polar surface area (TPSA) is 12.4 Å². The molecule has 0 aliphatic rings. The maximum Gasteiger partial charge on any atom is 0.0579 e. The molecule has 0 bridgehead atoms. The van der Waals surface area contributed by atoms with Crippen molar-refractivity contribution in [3.05, 3.63) is 11.0 Å². The van der Waals surface area contributed by atoms with Crippen molar-refractivity contribution in [1.29, 1.82) is 0 Å².